The van der Waals surface area contributed by atoms with Crippen LogP contribution in [0.4, 0.5) is 26.3 Å². The van der Waals surface area contributed by atoms with Crippen LogP contribution in [0.1, 0.15) is 18.9 Å². The third kappa shape index (κ3) is 3.96. The van der Waals surface area contributed by atoms with E-state index in [1.54, 1.807) is 6.92 Å². The van der Waals surface area contributed by atoms with E-state index in [2.05, 4.69) is 0 Å². The number of hydrogen-bond acceptors (Lipinski definition) is 2. The number of ether oxygens (including phenoxy) is 1. The Bertz CT molecular complexity index is 1100. The highest BCUT2D eigenvalue weighted by atomic mass is 19.2. The zero-order chi connectivity index (χ0) is 22.0. The zero-order valence-corrected chi connectivity index (χ0v) is 15.5. The van der Waals surface area contributed by atoms with Crippen molar-refractivity contribution in [2.45, 2.75) is 13.3 Å². The van der Waals surface area contributed by atoms with Crippen molar-refractivity contribution in [3.05, 3.63) is 76.9 Å². The van der Waals surface area contributed by atoms with Crippen molar-refractivity contribution >= 4 is 0 Å². The summed E-state index contributed by atoms with van der Waals surface area (Å²) in [6.45, 7) is 2.04. The minimum atomic E-state index is -1.30. The maximum Gasteiger partial charge on any atom is 0.144 e. The molecule has 0 aliphatic heterocycles. The van der Waals surface area contributed by atoms with E-state index in [9.17, 15) is 26.3 Å². The Morgan fingerprint density at radius 2 is 1.10 bits per heavy atom. The van der Waals surface area contributed by atoms with Crippen LogP contribution >= 0.6 is 0 Å². The normalized spacial score (nSPS) is 10.7. The number of hydrogen-bond donors (Lipinski definition) is 0. The second-order valence-corrected chi connectivity index (χ2v) is 6.35. The Labute approximate surface area is 168 Å². The van der Waals surface area contributed by atoms with Crippen molar-refractivity contribution < 1.29 is 31.1 Å². The van der Waals surface area contributed by atoms with Gasteiger partial charge in [0.1, 0.15) is 52.3 Å². The fourth-order valence-electron chi connectivity index (χ4n) is 2.95. The Balaban J connectivity index is 2.10. The van der Waals surface area contributed by atoms with Crippen molar-refractivity contribution in [2.75, 3.05) is 6.61 Å². The Morgan fingerprint density at radius 1 is 0.700 bits per heavy atom. The molecule has 0 saturated heterocycles. The maximum absolute atomic E-state index is 14.6. The van der Waals surface area contributed by atoms with E-state index in [4.69, 9.17) is 10.00 Å². The fourth-order valence-corrected chi connectivity index (χ4v) is 2.95. The number of benzene rings is 3. The summed E-state index contributed by atoms with van der Waals surface area (Å²) < 4.78 is 90.8. The topological polar surface area (TPSA) is 33.0 Å². The van der Waals surface area contributed by atoms with Crippen LogP contribution in [0.3, 0.4) is 0 Å². The molecular formula is C22H13F6NO. The first-order chi connectivity index (χ1) is 14.3. The molecule has 0 aliphatic rings. The highest BCUT2D eigenvalue weighted by Crippen LogP contribution is 2.35. The summed E-state index contributed by atoms with van der Waals surface area (Å²) in [6.07, 6.45) is 0.611. The first-order valence-corrected chi connectivity index (χ1v) is 8.77. The SMILES string of the molecule is CCCOc1cc(F)c(-c2cc(F)c(-c3cc(F)c(C#N)c(F)c3)c(F)c2)c(F)c1. The molecular weight excluding hydrogens is 408 g/mol. The minimum Gasteiger partial charge on any atom is -0.493 e. The van der Waals surface area contributed by atoms with Crippen LogP contribution in [-0.2, 0) is 0 Å². The second kappa shape index (κ2) is 8.49. The van der Waals surface area contributed by atoms with Gasteiger partial charge in [-0.25, -0.2) is 26.3 Å². The molecule has 3 aromatic carbocycles. The summed E-state index contributed by atoms with van der Waals surface area (Å²) in [5, 5.41) is 8.69. The lowest BCUT2D eigenvalue weighted by Crippen LogP contribution is -2.00. The lowest BCUT2D eigenvalue weighted by Gasteiger charge is -2.12. The van der Waals surface area contributed by atoms with Crippen LogP contribution < -0.4 is 4.74 Å². The Kier molecular flexibility index (Phi) is 6.01. The van der Waals surface area contributed by atoms with Crippen molar-refractivity contribution in [3.63, 3.8) is 0 Å². The molecule has 0 amide bonds. The zero-order valence-electron chi connectivity index (χ0n) is 15.5. The lowest BCUT2D eigenvalue weighted by atomic mass is 9.97. The molecule has 8 heteroatoms. The summed E-state index contributed by atoms with van der Waals surface area (Å²) in [6, 6.07) is 5.59. The number of rotatable bonds is 5. The summed E-state index contributed by atoms with van der Waals surface area (Å²) in [5.41, 5.74) is -3.33. The molecule has 0 aliphatic carbocycles. The molecule has 154 valence electrons. The van der Waals surface area contributed by atoms with Gasteiger partial charge in [-0.2, -0.15) is 5.26 Å². The van der Waals surface area contributed by atoms with Crippen LogP contribution in [0.15, 0.2) is 36.4 Å². The van der Waals surface area contributed by atoms with Crippen LogP contribution in [-0.4, -0.2) is 6.61 Å². The standard InChI is InChI=1S/C22H13F6NO/c1-2-3-30-13-8-19(27)22(20(28)9-13)12-6-17(25)21(18(26)7-12)11-4-15(23)14(10-29)16(24)5-11/h4-9H,2-3H2,1H3. The van der Waals surface area contributed by atoms with Gasteiger partial charge in [0.15, 0.2) is 0 Å². The van der Waals surface area contributed by atoms with Gasteiger partial charge in [-0.05, 0) is 41.8 Å². The molecule has 0 bridgehead atoms. The highest BCUT2D eigenvalue weighted by Gasteiger charge is 2.21. The van der Waals surface area contributed by atoms with E-state index in [0.29, 0.717) is 30.7 Å². The van der Waals surface area contributed by atoms with Crippen LogP contribution in [0.25, 0.3) is 22.3 Å². The monoisotopic (exact) mass is 421 g/mol. The summed E-state index contributed by atoms with van der Waals surface area (Å²) in [4.78, 5) is 0. The molecule has 3 aromatic rings. The lowest BCUT2D eigenvalue weighted by molar-refractivity contribution is 0.314. The van der Waals surface area contributed by atoms with E-state index in [1.807, 2.05) is 0 Å². The highest BCUT2D eigenvalue weighted by molar-refractivity contribution is 5.73. The molecule has 0 atom stereocenters. The molecule has 0 unspecified atom stereocenters. The predicted molar refractivity (Wildman–Crippen MR) is 97.6 cm³/mol. The van der Waals surface area contributed by atoms with E-state index < -0.39 is 62.7 Å². The first kappa shape index (κ1) is 21.2. The minimum absolute atomic E-state index is 0.0725. The largest absolute Gasteiger partial charge is 0.493 e. The van der Waals surface area contributed by atoms with Gasteiger partial charge >= 0.3 is 0 Å². The van der Waals surface area contributed by atoms with Crippen molar-refractivity contribution in [3.8, 4) is 34.1 Å². The van der Waals surface area contributed by atoms with Gasteiger partial charge in [0.25, 0.3) is 0 Å². The van der Waals surface area contributed by atoms with Gasteiger partial charge in [0.05, 0.1) is 17.7 Å². The number of nitriles is 1. The average molecular weight is 421 g/mol. The van der Waals surface area contributed by atoms with Gasteiger partial charge < -0.3 is 4.74 Å². The molecule has 0 aromatic heterocycles. The summed E-state index contributed by atoms with van der Waals surface area (Å²) in [5.74, 6) is -7.44. The molecule has 0 radical (unpaired) electrons. The van der Waals surface area contributed by atoms with Crippen LogP contribution in [0, 0.1) is 46.2 Å². The molecule has 0 fully saturated rings. The molecule has 0 heterocycles. The molecule has 30 heavy (non-hydrogen) atoms. The van der Waals surface area contributed by atoms with E-state index in [1.165, 1.54) is 6.07 Å². The van der Waals surface area contributed by atoms with Crippen molar-refractivity contribution in [2.24, 2.45) is 0 Å². The average Bonchev–Trinajstić information content (AvgIpc) is 2.65. The third-order valence-electron chi connectivity index (χ3n) is 4.26. The second-order valence-electron chi connectivity index (χ2n) is 6.35. The quantitative estimate of drug-likeness (QED) is 0.440. The van der Waals surface area contributed by atoms with Gasteiger partial charge in [-0.15, -0.1) is 0 Å². The first-order valence-electron chi connectivity index (χ1n) is 8.77. The molecule has 0 N–H and O–H groups in total. The van der Waals surface area contributed by atoms with Crippen molar-refractivity contribution in [1.82, 2.24) is 0 Å². The molecule has 0 spiro atoms. The van der Waals surface area contributed by atoms with Gasteiger partial charge in [0, 0.05) is 12.1 Å². The van der Waals surface area contributed by atoms with Gasteiger partial charge in [-0.3, -0.25) is 0 Å². The maximum atomic E-state index is 14.6. The van der Waals surface area contributed by atoms with Crippen molar-refractivity contribution in [1.29, 1.82) is 5.26 Å². The summed E-state index contributed by atoms with van der Waals surface area (Å²) >= 11 is 0. The third-order valence-corrected chi connectivity index (χ3v) is 4.26. The van der Waals surface area contributed by atoms with Crippen LogP contribution in [0.5, 0.6) is 5.75 Å². The van der Waals surface area contributed by atoms with E-state index in [0.717, 1.165) is 12.1 Å². The predicted octanol–water partition coefficient (Wildman–Crippen LogP) is 6.52. The molecule has 3 rings (SSSR count). The Morgan fingerprint density at radius 3 is 1.50 bits per heavy atom. The summed E-state index contributed by atoms with van der Waals surface area (Å²) in [7, 11) is 0. The fraction of sp³-hybridized carbons (Fsp3) is 0.136. The molecule has 0 saturated carbocycles. The Hall–Kier alpha value is -3.47. The number of nitrogens with zero attached hydrogens (tertiary/aromatic N) is 1. The van der Waals surface area contributed by atoms with E-state index in [-0.39, 0.29) is 12.4 Å². The smallest absolute Gasteiger partial charge is 0.144 e. The van der Waals surface area contributed by atoms with Gasteiger partial charge in [-0.1, -0.05) is 6.92 Å². The van der Waals surface area contributed by atoms with E-state index >= 15 is 0 Å². The molecule has 2 nitrogen and oxygen atoms in total. The van der Waals surface area contributed by atoms with Gasteiger partial charge in [0.2, 0.25) is 0 Å². The number of halogens is 6. The van der Waals surface area contributed by atoms with Crippen LogP contribution in [0.2, 0.25) is 0 Å².